The van der Waals surface area contributed by atoms with E-state index in [2.05, 4.69) is 30.4 Å². The maximum Gasteiger partial charge on any atom is 0.124 e. The second-order valence-electron chi connectivity index (χ2n) is 6.04. The molecule has 25 heavy (non-hydrogen) atoms. The third-order valence-electron chi connectivity index (χ3n) is 4.18. The number of para-hydroxylation sites is 1. The number of hydrogen-bond donors (Lipinski definition) is 1. The van der Waals surface area contributed by atoms with Crippen molar-refractivity contribution in [1.82, 2.24) is 5.32 Å². The summed E-state index contributed by atoms with van der Waals surface area (Å²) in [5.41, 5.74) is 3.31. The van der Waals surface area contributed by atoms with Gasteiger partial charge in [0.05, 0.1) is 0 Å². The first-order chi connectivity index (χ1) is 12.2. The van der Waals surface area contributed by atoms with E-state index in [1.54, 1.807) is 12.1 Å². The third kappa shape index (κ3) is 4.91. The zero-order valence-corrected chi connectivity index (χ0v) is 14.3. The van der Waals surface area contributed by atoms with Crippen LogP contribution in [0.2, 0.25) is 0 Å². The number of rotatable bonds is 7. The molecule has 0 radical (unpaired) electrons. The molecule has 0 spiro atoms. The smallest absolute Gasteiger partial charge is 0.124 e. The second kappa shape index (κ2) is 8.45. The Labute approximate surface area is 148 Å². The van der Waals surface area contributed by atoms with Gasteiger partial charge in [0.1, 0.15) is 18.2 Å². The van der Waals surface area contributed by atoms with E-state index in [1.807, 2.05) is 36.4 Å². The molecule has 0 saturated heterocycles. The first-order valence-electron chi connectivity index (χ1n) is 8.46. The Morgan fingerprint density at radius 3 is 2.32 bits per heavy atom. The summed E-state index contributed by atoms with van der Waals surface area (Å²) in [4.78, 5) is 0. The van der Waals surface area contributed by atoms with Crippen LogP contribution in [-0.2, 0) is 13.2 Å². The van der Waals surface area contributed by atoms with Crippen LogP contribution in [0.25, 0.3) is 0 Å². The van der Waals surface area contributed by atoms with Gasteiger partial charge in [0, 0.05) is 18.2 Å². The Hall–Kier alpha value is -2.65. The van der Waals surface area contributed by atoms with Gasteiger partial charge in [-0.3, -0.25) is 0 Å². The molecule has 0 aliphatic rings. The summed E-state index contributed by atoms with van der Waals surface area (Å²) in [7, 11) is 0. The highest BCUT2D eigenvalue weighted by Crippen LogP contribution is 2.21. The van der Waals surface area contributed by atoms with E-state index in [0.717, 1.165) is 23.4 Å². The quantitative estimate of drug-likeness (QED) is 0.636. The van der Waals surface area contributed by atoms with Crippen molar-refractivity contribution in [2.75, 3.05) is 0 Å². The number of halogens is 1. The molecular weight excluding hydrogens is 313 g/mol. The van der Waals surface area contributed by atoms with E-state index in [0.29, 0.717) is 6.61 Å². The molecule has 1 N–H and O–H groups in total. The van der Waals surface area contributed by atoms with Gasteiger partial charge in [0.2, 0.25) is 0 Å². The van der Waals surface area contributed by atoms with Crippen LogP contribution in [-0.4, -0.2) is 0 Å². The summed E-state index contributed by atoms with van der Waals surface area (Å²) >= 11 is 0. The molecule has 1 unspecified atom stereocenters. The van der Waals surface area contributed by atoms with E-state index in [-0.39, 0.29) is 11.9 Å². The van der Waals surface area contributed by atoms with Crippen molar-refractivity contribution in [2.45, 2.75) is 26.1 Å². The highest BCUT2D eigenvalue weighted by molar-refractivity contribution is 5.34. The second-order valence-corrected chi connectivity index (χ2v) is 6.04. The monoisotopic (exact) mass is 335 g/mol. The SMILES string of the molecule is CC(NCc1ccccc1OCc1ccc(F)cc1)c1ccccc1. The van der Waals surface area contributed by atoms with Crippen molar-refractivity contribution in [3.05, 3.63) is 101 Å². The summed E-state index contributed by atoms with van der Waals surface area (Å²) in [5.74, 6) is 0.614. The van der Waals surface area contributed by atoms with Crippen LogP contribution in [0.15, 0.2) is 78.9 Å². The molecule has 3 aromatic rings. The van der Waals surface area contributed by atoms with E-state index in [1.165, 1.54) is 17.7 Å². The summed E-state index contributed by atoms with van der Waals surface area (Å²) in [6.45, 7) is 3.29. The van der Waals surface area contributed by atoms with Gasteiger partial charge in [-0.05, 0) is 36.2 Å². The van der Waals surface area contributed by atoms with Gasteiger partial charge < -0.3 is 10.1 Å². The topological polar surface area (TPSA) is 21.3 Å². The zero-order chi connectivity index (χ0) is 17.5. The summed E-state index contributed by atoms with van der Waals surface area (Å²) in [6.07, 6.45) is 0. The van der Waals surface area contributed by atoms with Gasteiger partial charge >= 0.3 is 0 Å². The molecule has 2 nitrogen and oxygen atoms in total. The highest BCUT2D eigenvalue weighted by atomic mass is 19.1. The molecule has 0 fully saturated rings. The van der Waals surface area contributed by atoms with Crippen LogP contribution in [0.4, 0.5) is 4.39 Å². The predicted molar refractivity (Wildman–Crippen MR) is 98.9 cm³/mol. The highest BCUT2D eigenvalue weighted by Gasteiger charge is 2.07. The van der Waals surface area contributed by atoms with Gasteiger partial charge in [-0.25, -0.2) is 4.39 Å². The van der Waals surface area contributed by atoms with Crippen LogP contribution >= 0.6 is 0 Å². The Bertz CT molecular complexity index is 787. The number of nitrogens with one attached hydrogen (secondary N) is 1. The summed E-state index contributed by atoms with van der Waals surface area (Å²) in [5, 5.41) is 3.53. The van der Waals surface area contributed by atoms with Crippen molar-refractivity contribution in [3.63, 3.8) is 0 Å². The van der Waals surface area contributed by atoms with Crippen molar-refractivity contribution >= 4 is 0 Å². The third-order valence-corrected chi connectivity index (χ3v) is 4.18. The molecule has 1 atom stereocenters. The van der Waals surface area contributed by atoms with Gasteiger partial charge in [0.15, 0.2) is 0 Å². The molecule has 128 valence electrons. The molecule has 0 heterocycles. The van der Waals surface area contributed by atoms with E-state index >= 15 is 0 Å². The van der Waals surface area contributed by atoms with Gasteiger partial charge in [-0.15, -0.1) is 0 Å². The number of ether oxygens (including phenoxy) is 1. The Morgan fingerprint density at radius 2 is 1.56 bits per heavy atom. The number of hydrogen-bond acceptors (Lipinski definition) is 2. The largest absolute Gasteiger partial charge is 0.489 e. The van der Waals surface area contributed by atoms with Crippen LogP contribution in [0.3, 0.4) is 0 Å². The van der Waals surface area contributed by atoms with E-state index in [4.69, 9.17) is 4.74 Å². The molecule has 3 heteroatoms. The molecule has 0 bridgehead atoms. The number of benzene rings is 3. The first kappa shape index (κ1) is 17.2. The lowest BCUT2D eigenvalue weighted by atomic mass is 10.1. The fourth-order valence-electron chi connectivity index (χ4n) is 2.66. The van der Waals surface area contributed by atoms with Crippen LogP contribution in [0, 0.1) is 5.82 Å². The molecule has 0 saturated carbocycles. The van der Waals surface area contributed by atoms with Gasteiger partial charge in [-0.1, -0.05) is 60.7 Å². The fraction of sp³-hybridized carbons (Fsp3) is 0.182. The Morgan fingerprint density at radius 1 is 0.880 bits per heavy atom. The lowest BCUT2D eigenvalue weighted by Crippen LogP contribution is -2.18. The summed E-state index contributed by atoms with van der Waals surface area (Å²) < 4.78 is 18.9. The Kier molecular flexibility index (Phi) is 5.81. The van der Waals surface area contributed by atoms with Gasteiger partial charge in [-0.2, -0.15) is 0 Å². The molecular formula is C22H22FNO. The minimum atomic E-state index is -0.233. The van der Waals surface area contributed by atoms with E-state index in [9.17, 15) is 4.39 Å². The van der Waals surface area contributed by atoms with E-state index < -0.39 is 0 Å². The average Bonchev–Trinajstić information content (AvgIpc) is 2.67. The van der Waals surface area contributed by atoms with Crippen molar-refractivity contribution in [1.29, 1.82) is 0 Å². The molecule has 0 aromatic heterocycles. The summed E-state index contributed by atoms with van der Waals surface area (Å²) in [6, 6.07) is 25.0. The molecule has 3 rings (SSSR count). The predicted octanol–water partition coefficient (Wildman–Crippen LogP) is 5.26. The normalized spacial score (nSPS) is 11.9. The zero-order valence-electron chi connectivity index (χ0n) is 14.3. The minimum absolute atomic E-state index is 0.233. The van der Waals surface area contributed by atoms with Crippen LogP contribution in [0.1, 0.15) is 29.7 Å². The van der Waals surface area contributed by atoms with Crippen molar-refractivity contribution in [2.24, 2.45) is 0 Å². The lowest BCUT2D eigenvalue weighted by molar-refractivity contribution is 0.301. The molecule has 0 aliphatic carbocycles. The van der Waals surface area contributed by atoms with Gasteiger partial charge in [0.25, 0.3) is 0 Å². The minimum Gasteiger partial charge on any atom is -0.489 e. The first-order valence-corrected chi connectivity index (χ1v) is 8.46. The average molecular weight is 335 g/mol. The molecule has 0 amide bonds. The maximum absolute atomic E-state index is 13.0. The molecule has 0 aliphatic heterocycles. The Balaban J connectivity index is 1.61. The standard InChI is InChI=1S/C22H22FNO/c1-17(19-7-3-2-4-8-19)24-15-20-9-5-6-10-22(20)25-16-18-11-13-21(23)14-12-18/h2-14,17,24H,15-16H2,1H3. The van der Waals surface area contributed by atoms with Crippen molar-refractivity contribution in [3.8, 4) is 5.75 Å². The maximum atomic E-state index is 13.0. The fourth-order valence-corrected chi connectivity index (χ4v) is 2.66. The van der Waals surface area contributed by atoms with Crippen LogP contribution < -0.4 is 10.1 Å². The van der Waals surface area contributed by atoms with Crippen molar-refractivity contribution < 1.29 is 9.13 Å². The van der Waals surface area contributed by atoms with Crippen LogP contribution in [0.5, 0.6) is 5.75 Å². The molecule has 3 aromatic carbocycles. The lowest BCUT2D eigenvalue weighted by Gasteiger charge is -2.16.